The van der Waals surface area contributed by atoms with Crippen LogP contribution in [0.1, 0.15) is 287 Å². The van der Waals surface area contributed by atoms with E-state index in [9.17, 15) is 19.2 Å². The predicted octanol–water partition coefficient (Wildman–Crippen LogP) is 16.9. The van der Waals surface area contributed by atoms with Crippen molar-refractivity contribution in [3.63, 3.8) is 0 Å². The molecular formula is C87H126BCl2IN18O9. The summed E-state index contributed by atoms with van der Waals surface area (Å²) in [5.41, 5.74) is 19.2. The van der Waals surface area contributed by atoms with Gasteiger partial charge in [-0.3, -0.25) is 42.9 Å². The van der Waals surface area contributed by atoms with Crippen molar-refractivity contribution < 1.29 is 43.4 Å². The van der Waals surface area contributed by atoms with E-state index in [2.05, 4.69) is 110 Å². The third-order valence-electron chi connectivity index (χ3n) is 23.3. The minimum atomic E-state index is -1.20. The maximum atomic E-state index is 12.9. The highest BCUT2D eigenvalue weighted by atomic mass is 127. The molecule has 0 saturated heterocycles. The number of hydrogen-bond acceptors (Lipinski definition) is 18. The molecule has 4 amide bonds. The number of anilines is 1. The molecule has 0 radical (unpaired) electrons. The Kier molecular flexibility index (Phi) is 31.4. The van der Waals surface area contributed by atoms with Crippen LogP contribution in [0.15, 0.2) is 85.3 Å². The highest BCUT2D eigenvalue weighted by molar-refractivity contribution is 14.1. The fourth-order valence-electron chi connectivity index (χ4n) is 17.1. The number of allylic oxidation sites excluding steroid dienone is 4. The third kappa shape index (κ3) is 24.7. The van der Waals surface area contributed by atoms with Gasteiger partial charge in [0.1, 0.15) is 27.1 Å². The van der Waals surface area contributed by atoms with Gasteiger partial charge in [0.05, 0.1) is 146 Å². The predicted molar refractivity (Wildman–Crippen MR) is 468 cm³/mol. The summed E-state index contributed by atoms with van der Waals surface area (Å²) in [4.78, 5) is 65.1. The number of nitrogens with one attached hydrogen (secondary N) is 1. The Bertz CT molecular complexity index is 4570. The third-order valence-corrected chi connectivity index (χ3v) is 24.6. The minimum Gasteiger partial charge on any atom is -0.444 e. The Balaban J connectivity index is 0.000000139. The molecule has 5 aliphatic heterocycles. The van der Waals surface area contributed by atoms with Crippen molar-refractivity contribution in [3.8, 4) is 0 Å². The molecule has 17 rings (SSSR count). The van der Waals surface area contributed by atoms with E-state index in [-0.39, 0.29) is 48.4 Å². The number of hydrogen-bond donors (Lipinski definition) is 4. The van der Waals surface area contributed by atoms with Gasteiger partial charge in [-0.15, -0.1) is 0 Å². The summed E-state index contributed by atoms with van der Waals surface area (Å²) < 4.78 is 28.0. The molecule has 7 aromatic heterocycles. The first-order valence-corrected chi connectivity index (χ1v) is 44.5. The number of nitrogen functional groups attached to an aromatic ring is 1. The van der Waals surface area contributed by atoms with Crippen LogP contribution in [0.25, 0.3) is 5.57 Å². The van der Waals surface area contributed by atoms with E-state index in [1.165, 1.54) is 128 Å². The molecule has 27 nitrogen and oxygen atoms in total. The molecule has 118 heavy (non-hydrogen) atoms. The molecule has 12 heterocycles. The van der Waals surface area contributed by atoms with E-state index in [4.69, 9.17) is 53.2 Å². The second-order valence-electron chi connectivity index (χ2n) is 36.2. The number of halogens is 3. The molecule has 31 heteroatoms. The molecule has 0 bridgehead atoms. The number of pyridine rings is 2. The zero-order chi connectivity index (χ0) is 84.9. The van der Waals surface area contributed by atoms with Crippen LogP contribution in [-0.4, -0.2) is 167 Å². The largest absolute Gasteiger partial charge is 0.483 e. The van der Waals surface area contributed by atoms with Crippen LogP contribution in [0.3, 0.4) is 0 Å². The summed E-state index contributed by atoms with van der Waals surface area (Å²) in [6.07, 6.45) is 39.2. The number of ether oxygens (including phenoxy) is 3. The summed E-state index contributed by atoms with van der Waals surface area (Å²) >= 11 is 13.6. The van der Waals surface area contributed by atoms with E-state index in [1.54, 1.807) is 35.5 Å². The van der Waals surface area contributed by atoms with Crippen LogP contribution in [0, 0.1) is 3.57 Å². The van der Waals surface area contributed by atoms with Crippen molar-refractivity contribution in [1.29, 1.82) is 0 Å². The molecule has 5 unspecified atom stereocenters. The first kappa shape index (κ1) is 90.9. The molecular weight excluding hydrogens is 1650 g/mol. The number of nitrogens with two attached hydrogens (primary N) is 1. The van der Waals surface area contributed by atoms with E-state index < -0.39 is 23.9 Å². The SMILES string of the molecule is CC1Cn2ncc(C3=CCCC3)c2CN1C(=O)OC(C)(C)C.CC1Cn2ncc(C3CCCC3)c2CN1.CC1Cn2ncc(C3CCCC3)c2CN1C(=O)Cc1ccnc(Cl)c1.CC1Cn2ncc(C3CCCC3)c2CN1C(=O)OC(C)(C)C.CC1Cn2ncc(I)c2CN1C(=O)OC(C)(C)C.Nc1ccnc(Cl)c1.OB(O)C1=CCCC1. The monoisotopic (exact) mass is 1770 g/mol. The molecule has 10 aliphatic rings. The van der Waals surface area contributed by atoms with Crippen molar-refractivity contribution >= 4 is 88.4 Å². The maximum absolute atomic E-state index is 12.9. The van der Waals surface area contributed by atoms with Crippen molar-refractivity contribution in [3.05, 3.63) is 155 Å². The second-order valence-corrected chi connectivity index (χ2v) is 38.1. The van der Waals surface area contributed by atoms with Crippen LogP contribution in [0.5, 0.6) is 0 Å². The Morgan fingerprint density at radius 2 is 0.907 bits per heavy atom. The normalized spacial score (nSPS) is 20.9. The number of aromatic nitrogens is 12. The van der Waals surface area contributed by atoms with Gasteiger partial charge in [-0.25, -0.2) is 24.4 Å². The number of carbonyl (C=O) groups is 4. The molecule has 0 spiro atoms. The van der Waals surface area contributed by atoms with Gasteiger partial charge < -0.3 is 40.2 Å². The maximum Gasteiger partial charge on any atom is 0.483 e. The topological polar surface area (TPSA) is 302 Å². The van der Waals surface area contributed by atoms with E-state index in [0.717, 1.165) is 103 Å². The van der Waals surface area contributed by atoms with Crippen LogP contribution in [0.4, 0.5) is 20.1 Å². The summed E-state index contributed by atoms with van der Waals surface area (Å²) in [6, 6.07) is 7.92. The summed E-state index contributed by atoms with van der Waals surface area (Å²) in [7, 11) is -1.20. The Hall–Kier alpha value is -7.84. The lowest BCUT2D eigenvalue weighted by Gasteiger charge is -2.36. The average molecular weight is 1780 g/mol. The lowest BCUT2D eigenvalue weighted by Crippen LogP contribution is -2.47. The van der Waals surface area contributed by atoms with Crippen LogP contribution in [-0.2, 0) is 90.9 Å². The number of amides is 4. The molecule has 7 aromatic rings. The van der Waals surface area contributed by atoms with E-state index >= 15 is 0 Å². The number of carbonyl (C=O) groups excluding carboxylic acids is 4. The van der Waals surface area contributed by atoms with E-state index in [1.807, 2.05) is 137 Å². The minimum absolute atomic E-state index is 0.0904. The summed E-state index contributed by atoms with van der Waals surface area (Å²) in [5, 5.41) is 44.0. The molecule has 3 fully saturated rings. The van der Waals surface area contributed by atoms with Crippen LogP contribution >= 0.6 is 45.8 Å². The zero-order valence-corrected chi connectivity index (χ0v) is 75.5. The Morgan fingerprint density at radius 1 is 0.508 bits per heavy atom. The van der Waals surface area contributed by atoms with Gasteiger partial charge in [-0.1, -0.05) is 73.9 Å². The second kappa shape index (κ2) is 40.7. The standard InChI is InChI=1S/C19H23ClN4O.C17H27N3O2.C17H25N3O2.C12H18IN3O2.C12H19N3.C5H9BO2.C5H5ClN2/c1-13-11-24-17(16(10-22-24)15-4-2-3-5-15)12-23(13)19(25)9-14-6-7-21-18(20)8-14;2*1-12-10-20-15(11-19(12)16(21)22-17(2,3)4)14(9-18-20)13-7-5-6-8-13;1-8-6-16-10(9(13)5-14-16)7-15(8)11(17)18-12(2,3)4;1-9-8-15-12(7-13-9)11(6-14-15)10-4-2-3-5-10;7-6(8)5-3-1-2-4-5;6-5-3-4(7)1-2-8-5/h6-8,10,13,15H,2-5,9,11-12H2,1H3;9,12-13H,5-8,10-11H2,1-4H3;7,9,12H,5-6,8,10-11H2,1-4H3;5,8H,6-7H2,1-4H3;6,9-10,13H,2-5,7-8H2,1H3;3,7-8H,1-2,4H2;1-3H,(H2,7,8). The first-order chi connectivity index (χ1) is 56.0. The number of fused-ring (bicyclic) bond motifs is 5. The molecule has 5 N–H and O–H groups in total. The van der Waals surface area contributed by atoms with E-state index in [0.29, 0.717) is 66.5 Å². The average Bonchev–Trinajstić information content (AvgIpc) is 1.63. The number of rotatable bonds is 7. The van der Waals surface area contributed by atoms with Crippen molar-refractivity contribution in [2.75, 3.05) is 5.73 Å². The van der Waals surface area contributed by atoms with Gasteiger partial charge >= 0.3 is 25.4 Å². The Labute approximate surface area is 721 Å². The molecule has 3 saturated carbocycles. The summed E-state index contributed by atoms with van der Waals surface area (Å²) in [5.74, 6) is 2.18. The van der Waals surface area contributed by atoms with Gasteiger partial charge in [-0.05, 0) is 272 Å². The molecule has 0 aromatic carbocycles. The quantitative estimate of drug-likeness (QED) is 0.0499. The van der Waals surface area contributed by atoms with Crippen LogP contribution < -0.4 is 11.1 Å². The van der Waals surface area contributed by atoms with Crippen LogP contribution in [0.2, 0.25) is 10.3 Å². The lowest BCUT2D eigenvalue weighted by molar-refractivity contribution is -0.134. The summed E-state index contributed by atoms with van der Waals surface area (Å²) in [6.45, 7) is 34.9. The van der Waals surface area contributed by atoms with Gasteiger partial charge in [0, 0.05) is 42.3 Å². The lowest BCUT2D eigenvalue weighted by atomic mass is 9.79. The zero-order valence-electron chi connectivity index (χ0n) is 71.8. The van der Waals surface area contributed by atoms with Gasteiger partial charge in [0.2, 0.25) is 5.91 Å². The highest BCUT2D eigenvalue weighted by Crippen LogP contribution is 2.41. The van der Waals surface area contributed by atoms with Gasteiger partial charge in [0.25, 0.3) is 0 Å². The van der Waals surface area contributed by atoms with Crippen molar-refractivity contribution in [2.24, 2.45) is 0 Å². The van der Waals surface area contributed by atoms with Gasteiger partial charge in [-0.2, -0.15) is 25.5 Å². The number of nitrogens with zero attached hydrogens (tertiary/aromatic N) is 16. The van der Waals surface area contributed by atoms with Crippen molar-refractivity contribution in [1.82, 2.24) is 83.8 Å². The van der Waals surface area contributed by atoms with Crippen molar-refractivity contribution in [2.45, 2.75) is 349 Å². The smallest absolute Gasteiger partial charge is 0.444 e. The molecule has 642 valence electrons. The highest BCUT2D eigenvalue weighted by Gasteiger charge is 2.39. The van der Waals surface area contributed by atoms with Gasteiger partial charge in [0.15, 0.2) is 0 Å². The first-order valence-electron chi connectivity index (χ1n) is 42.7. The fraction of sp³-hybridized carbons (Fsp3) is 0.621. The fourth-order valence-corrected chi connectivity index (χ4v) is 18.1. The molecule has 5 atom stereocenters. The molecule has 5 aliphatic carbocycles. The Morgan fingerprint density at radius 3 is 1.33 bits per heavy atom.